The number of imide groups is 1. The highest BCUT2D eigenvalue weighted by Gasteiger charge is 2.30. The van der Waals surface area contributed by atoms with Gasteiger partial charge in [0.1, 0.15) is 6.04 Å². The van der Waals surface area contributed by atoms with Crippen LogP contribution in [-0.4, -0.2) is 24.5 Å². The van der Waals surface area contributed by atoms with Gasteiger partial charge in [-0.1, -0.05) is 0 Å². The molecule has 19 heavy (non-hydrogen) atoms. The number of carbonyl (C=O) groups is 2. The zero-order valence-electron chi connectivity index (χ0n) is 9.45. The van der Waals surface area contributed by atoms with Crippen molar-refractivity contribution in [2.75, 3.05) is 5.32 Å². The molecular formula is C11H9F3N2O3. The molecule has 1 aromatic rings. The average molecular weight is 274 g/mol. The summed E-state index contributed by atoms with van der Waals surface area (Å²) in [6, 6.07) is 2.40. The number of rotatable bonds is 4. The zero-order chi connectivity index (χ0) is 14.0. The third-order valence-electron chi connectivity index (χ3n) is 2.46. The van der Waals surface area contributed by atoms with Crippen molar-refractivity contribution < 1.29 is 27.5 Å². The topological polar surface area (TPSA) is 67.4 Å². The van der Waals surface area contributed by atoms with Crippen LogP contribution in [0.2, 0.25) is 0 Å². The lowest BCUT2D eigenvalue weighted by molar-refractivity contribution is -0.124. The lowest BCUT2D eigenvalue weighted by Crippen LogP contribution is -2.30. The van der Waals surface area contributed by atoms with Crippen LogP contribution < -0.4 is 15.4 Å². The van der Waals surface area contributed by atoms with E-state index in [1.54, 1.807) is 0 Å². The molecular weight excluding hydrogens is 265 g/mol. The van der Waals surface area contributed by atoms with Gasteiger partial charge in [-0.2, -0.15) is 8.78 Å². The van der Waals surface area contributed by atoms with Crippen LogP contribution in [0, 0.1) is 5.82 Å². The molecule has 5 nitrogen and oxygen atoms in total. The second kappa shape index (κ2) is 5.17. The molecule has 1 aromatic carbocycles. The van der Waals surface area contributed by atoms with Gasteiger partial charge < -0.3 is 10.1 Å². The van der Waals surface area contributed by atoms with E-state index in [0.717, 1.165) is 12.1 Å². The van der Waals surface area contributed by atoms with E-state index in [2.05, 4.69) is 15.4 Å². The molecule has 0 aliphatic carbocycles. The minimum atomic E-state index is -3.12. The first-order chi connectivity index (χ1) is 8.95. The lowest BCUT2D eigenvalue weighted by atomic mass is 10.2. The smallest absolute Gasteiger partial charge is 0.387 e. The minimum absolute atomic E-state index is 0.0598. The molecule has 1 aliphatic heterocycles. The van der Waals surface area contributed by atoms with Crippen molar-refractivity contribution in [3.8, 4) is 5.75 Å². The highest BCUT2D eigenvalue weighted by molar-refractivity contribution is 6.06. The van der Waals surface area contributed by atoms with Crippen LogP contribution in [0.1, 0.15) is 6.42 Å². The monoisotopic (exact) mass is 274 g/mol. The first kappa shape index (κ1) is 13.2. The Balaban J connectivity index is 2.08. The number of hydrogen-bond acceptors (Lipinski definition) is 4. The van der Waals surface area contributed by atoms with Gasteiger partial charge in [-0.25, -0.2) is 4.39 Å². The van der Waals surface area contributed by atoms with E-state index in [-0.39, 0.29) is 12.1 Å². The Morgan fingerprint density at radius 1 is 1.37 bits per heavy atom. The highest BCUT2D eigenvalue weighted by atomic mass is 19.3. The van der Waals surface area contributed by atoms with Gasteiger partial charge in [0.2, 0.25) is 11.8 Å². The summed E-state index contributed by atoms with van der Waals surface area (Å²) in [5.74, 6) is -2.53. The lowest BCUT2D eigenvalue weighted by Gasteiger charge is -2.12. The van der Waals surface area contributed by atoms with Crippen LogP contribution in [0.5, 0.6) is 5.75 Å². The molecule has 0 saturated carbocycles. The Bertz CT molecular complexity index is 522. The fourth-order valence-corrected chi connectivity index (χ4v) is 1.65. The summed E-state index contributed by atoms with van der Waals surface area (Å²) in [7, 11) is 0. The van der Waals surface area contributed by atoms with Crippen molar-refractivity contribution in [1.82, 2.24) is 5.32 Å². The van der Waals surface area contributed by atoms with Crippen molar-refractivity contribution in [2.45, 2.75) is 19.1 Å². The molecule has 2 N–H and O–H groups in total. The normalized spacial score (nSPS) is 18.6. The fourth-order valence-electron chi connectivity index (χ4n) is 1.65. The quantitative estimate of drug-likeness (QED) is 0.811. The van der Waals surface area contributed by atoms with Gasteiger partial charge in [-0.05, 0) is 12.1 Å². The molecule has 0 aromatic heterocycles. The van der Waals surface area contributed by atoms with Gasteiger partial charge in [0.25, 0.3) is 0 Å². The summed E-state index contributed by atoms with van der Waals surface area (Å²) < 4.78 is 41.2. The standard InChI is InChI=1S/C11H9F3N2O3/c12-6-3-5(1-2-8(6)19-11(13)14)15-7-4-9(17)16-10(7)18/h1-3,7,11,15H,4H2,(H,16,17,18). The van der Waals surface area contributed by atoms with Crippen molar-refractivity contribution in [1.29, 1.82) is 0 Å². The molecule has 8 heteroatoms. The number of hydrogen-bond donors (Lipinski definition) is 2. The van der Waals surface area contributed by atoms with E-state index in [4.69, 9.17) is 0 Å². The van der Waals surface area contributed by atoms with Gasteiger partial charge in [0, 0.05) is 11.8 Å². The molecule has 1 unspecified atom stereocenters. The van der Waals surface area contributed by atoms with E-state index in [1.807, 2.05) is 0 Å². The highest BCUT2D eigenvalue weighted by Crippen LogP contribution is 2.23. The van der Waals surface area contributed by atoms with E-state index in [1.165, 1.54) is 6.07 Å². The second-order valence-corrected chi connectivity index (χ2v) is 3.84. The minimum Gasteiger partial charge on any atom is -0.432 e. The van der Waals surface area contributed by atoms with Gasteiger partial charge in [0.05, 0.1) is 6.42 Å². The molecule has 0 bridgehead atoms. The number of amides is 2. The molecule has 1 saturated heterocycles. The summed E-state index contributed by atoms with van der Waals surface area (Å²) in [5.41, 5.74) is 0.189. The number of anilines is 1. The molecule has 1 fully saturated rings. The Morgan fingerprint density at radius 2 is 2.11 bits per heavy atom. The predicted octanol–water partition coefficient (Wildman–Crippen LogP) is 1.25. The number of halogens is 3. The number of ether oxygens (including phenoxy) is 1. The number of benzene rings is 1. The van der Waals surface area contributed by atoms with E-state index < -0.39 is 36.0 Å². The van der Waals surface area contributed by atoms with Crippen LogP contribution in [0.25, 0.3) is 0 Å². The average Bonchev–Trinajstić information content (AvgIpc) is 2.61. The molecule has 0 radical (unpaired) electrons. The molecule has 1 heterocycles. The van der Waals surface area contributed by atoms with E-state index >= 15 is 0 Å². The summed E-state index contributed by atoms with van der Waals surface area (Å²) in [4.78, 5) is 22.2. The van der Waals surface area contributed by atoms with E-state index in [0.29, 0.717) is 0 Å². The van der Waals surface area contributed by atoms with Crippen LogP contribution >= 0.6 is 0 Å². The molecule has 2 amide bonds. The summed E-state index contributed by atoms with van der Waals surface area (Å²) in [6.07, 6.45) is -0.0598. The van der Waals surface area contributed by atoms with E-state index in [9.17, 15) is 22.8 Å². The maximum absolute atomic E-state index is 13.4. The SMILES string of the molecule is O=C1CC(Nc2ccc(OC(F)F)c(F)c2)C(=O)N1. The maximum atomic E-state index is 13.4. The molecule has 102 valence electrons. The van der Waals surface area contributed by atoms with Crippen LogP contribution in [0.4, 0.5) is 18.9 Å². The maximum Gasteiger partial charge on any atom is 0.387 e. The summed E-state index contributed by atoms with van der Waals surface area (Å²) in [6.45, 7) is -3.12. The Labute approximate surface area is 105 Å². The number of nitrogens with one attached hydrogen (secondary N) is 2. The molecule has 2 rings (SSSR count). The largest absolute Gasteiger partial charge is 0.432 e. The molecule has 0 spiro atoms. The third-order valence-corrected chi connectivity index (χ3v) is 2.46. The second-order valence-electron chi connectivity index (χ2n) is 3.84. The fraction of sp³-hybridized carbons (Fsp3) is 0.273. The van der Waals surface area contributed by atoms with Crippen LogP contribution in [0.15, 0.2) is 18.2 Å². The first-order valence-corrected chi connectivity index (χ1v) is 5.30. The molecule has 1 aliphatic rings. The number of carbonyl (C=O) groups excluding carboxylic acids is 2. The number of alkyl halides is 2. The van der Waals surface area contributed by atoms with Crippen molar-refractivity contribution >= 4 is 17.5 Å². The Kier molecular flexibility index (Phi) is 3.59. The van der Waals surface area contributed by atoms with Crippen molar-refractivity contribution in [3.63, 3.8) is 0 Å². The van der Waals surface area contributed by atoms with Crippen LogP contribution in [-0.2, 0) is 9.59 Å². The van der Waals surface area contributed by atoms with Crippen LogP contribution in [0.3, 0.4) is 0 Å². The molecule has 1 atom stereocenters. The first-order valence-electron chi connectivity index (χ1n) is 5.30. The Hall–Kier alpha value is -2.25. The van der Waals surface area contributed by atoms with Gasteiger partial charge >= 0.3 is 6.61 Å². The van der Waals surface area contributed by atoms with Gasteiger partial charge in [-0.3, -0.25) is 14.9 Å². The van der Waals surface area contributed by atoms with Gasteiger partial charge in [0.15, 0.2) is 11.6 Å². The van der Waals surface area contributed by atoms with Crippen molar-refractivity contribution in [3.05, 3.63) is 24.0 Å². The zero-order valence-corrected chi connectivity index (χ0v) is 9.45. The van der Waals surface area contributed by atoms with Crippen molar-refractivity contribution in [2.24, 2.45) is 0 Å². The van der Waals surface area contributed by atoms with Gasteiger partial charge in [-0.15, -0.1) is 0 Å². The Morgan fingerprint density at radius 3 is 2.63 bits per heavy atom. The summed E-state index contributed by atoms with van der Waals surface area (Å²) in [5, 5.41) is 4.71. The third kappa shape index (κ3) is 3.15. The predicted molar refractivity (Wildman–Crippen MR) is 58.2 cm³/mol. The summed E-state index contributed by atoms with van der Waals surface area (Å²) >= 11 is 0.